The summed E-state index contributed by atoms with van der Waals surface area (Å²) in [6.07, 6.45) is 4.92. The second kappa shape index (κ2) is 6.24. The Morgan fingerprint density at radius 2 is 2.00 bits per heavy atom. The second-order valence-electron chi connectivity index (χ2n) is 6.01. The molecule has 2 N–H and O–H groups in total. The highest BCUT2D eigenvalue weighted by Crippen LogP contribution is 2.30. The molecule has 23 heavy (non-hydrogen) atoms. The number of pyridine rings is 1. The van der Waals surface area contributed by atoms with E-state index in [1.54, 1.807) is 18.2 Å². The van der Waals surface area contributed by atoms with Gasteiger partial charge in [0.05, 0.1) is 18.1 Å². The summed E-state index contributed by atoms with van der Waals surface area (Å²) in [5.41, 5.74) is 1.41. The largest absolute Gasteiger partial charge is 0.459 e. The molecule has 2 aromatic heterocycles. The van der Waals surface area contributed by atoms with Gasteiger partial charge in [0.15, 0.2) is 5.76 Å². The zero-order chi connectivity index (χ0) is 16.4. The number of anilines is 2. The quantitative estimate of drug-likeness (QED) is 0.886. The Kier molecular flexibility index (Phi) is 4.14. The molecule has 0 radical (unpaired) electrons. The third-order valence-corrected chi connectivity index (χ3v) is 3.74. The Labute approximate surface area is 134 Å². The van der Waals surface area contributed by atoms with Gasteiger partial charge >= 0.3 is 0 Å². The van der Waals surface area contributed by atoms with Crippen LogP contribution in [0.3, 0.4) is 0 Å². The van der Waals surface area contributed by atoms with Crippen LogP contribution in [0.4, 0.5) is 11.5 Å². The molecule has 0 bridgehead atoms. The van der Waals surface area contributed by atoms with E-state index in [0.29, 0.717) is 17.3 Å². The number of hydrogen-bond acceptors (Lipinski definition) is 4. The van der Waals surface area contributed by atoms with Crippen molar-refractivity contribution >= 4 is 23.3 Å². The normalized spacial score (nSPS) is 13.9. The molecule has 6 heteroatoms. The first kappa shape index (κ1) is 15.3. The van der Waals surface area contributed by atoms with Crippen LogP contribution in [0.1, 0.15) is 48.7 Å². The number of hydrogen-bond donors (Lipinski definition) is 2. The first-order valence-corrected chi connectivity index (χ1v) is 7.70. The van der Waals surface area contributed by atoms with Crippen LogP contribution in [0, 0.1) is 5.92 Å². The fourth-order valence-electron chi connectivity index (χ4n) is 2.26. The second-order valence-corrected chi connectivity index (χ2v) is 6.01. The molecule has 0 saturated heterocycles. The minimum Gasteiger partial charge on any atom is -0.459 e. The van der Waals surface area contributed by atoms with E-state index in [-0.39, 0.29) is 23.7 Å². The molecule has 2 heterocycles. The predicted octanol–water partition coefficient (Wildman–Crippen LogP) is 3.40. The summed E-state index contributed by atoms with van der Waals surface area (Å²) in [6, 6.07) is 5.17. The van der Waals surface area contributed by atoms with E-state index < -0.39 is 0 Å². The zero-order valence-electron chi connectivity index (χ0n) is 13.1. The molecular weight excluding hydrogens is 294 g/mol. The molecule has 120 valence electrons. The minimum atomic E-state index is -0.310. The van der Waals surface area contributed by atoms with Crippen molar-refractivity contribution in [1.29, 1.82) is 0 Å². The van der Waals surface area contributed by atoms with Crippen molar-refractivity contribution in [1.82, 2.24) is 4.98 Å². The summed E-state index contributed by atoms with van der Waals surface area (Å²) in [5, 5.41) is 5.50. The summed E-state index contributed by atoms with van der Waals surface area (Å²) in [6.45, 7) is 4.00. The maximum Gasteiger partial charge on any atom is 0.291 e. The molecule has 3 rings (SSSR count). The number of carbonyl (C=O) groups is 2. The van der Waals surface area contributed by atoms with Gasteiger partial charge in [-0.2, -0.15) is 0 Å². The maximum atomic E-state index is 12.3. The van der Waals surface area contributed by atoms with Gasteiger partial charge in [0, 0.05) is 11.5 Å². The number of furan rings is 1. The smallest absolute Gasteiger partial charge is 0.291 e. The molecule has 6 nitrogen and oxygen atoms in total. The van der Waals surface area contributed by atoms with Gasteiger partial charge in [-0.05, 0) is 37.0 Å². The Bertz CT molecular complexity index is 715. The lowest BCUT2D eigenvalue weighted by Gasteiger charge is -2.08. The SMILES string of the molecule is CC(C)c1ccoc1C(=O)Nc1ccc(NC(=O)C2CC2)nc1. The highest BCUT2D eigenvalue weighted by Gasteiger charge is 2.29. The van der Waals surface area contributed by atoms with Gasteiger partial charge in [0.1, 0.15) is 5.82 Å². The molecule has 0 aromatic carbocycles. The van der Waals surface area contributed by atoms with Gasteiger partial charge in [-0.15, -0.1) is 0 Å². The molecule has 0 atom stereocenters. The van der Waals surface area contributed by atoms with Gasteiger partial charge in [-0.1, -0.05) is 13.8 Å². The van der Waals surface area contributed by atoms with Crippen molar-refractivity contribution in [3.8, 4) is 0 Å². The van der Waals surface area contributed by atoms with E-state index in [4.69, 9.17) is 4.42 Å². The first-order chi connectivity index (χ1) is 11.0. The Hall–Kier alpha value is -2.63. The van der Waals surface area contributed by atoms with Crippen molar-refractivity contribution in [2.75, 3.05) is 10.6 Å². The standard InChI is InChI=1S/C17H19N3O3/c1-10(2)13-7-8-23-15(13)17(22)19-12-5-6-14(18-9-12)20-16(21)11-3-4-11/h5-11H,3-4H2,1-2H3,(H,19,22)(H,18,20,21). The lowest BCUT2D eigenvalue weighted by Crippen LogP contribution is -2.15. The molecule has 2 amide bonds. The number of rotatable bonds is 5. The number of carbonyl (C=O) groups excluding carboxylic acids is 2. The minimum absolute atomic E-state index is 0.00597. The molecule has 1 aliphatic rings. The molecule has 1 saturated carbocycles. The lowest BCUT2D eigenvalue weighted by atomic mass is 10.0. The molecule has 1 aliphatic carbocycles. The molecule has 1 fully saturated rings. The highest BCUT2D eigenvalue weighted by atomic mass is 16.3. The first-order valence-electron chi connectivity index (χ1n) is 7.70. The van der Waals surface area contributed by atoms with Gasteiger partial charge < -0.3 is 15.1 Å². The van der Waals surface area contributed by atoms with Crippen LogP contribution in [0.2, 0.25) is 0 Å². The molecule has 0 unspecified atom stereocenters. The Balaban J connectivity index is 1.64. The third kappa shape index (κ3) is 3.59. The van der Waals surface area contributed by atoms with E-state index in [0.717, 1.165) is 18.4 Å². The van der Waals surface area contributed by atoms with E-state index in [1.807, 2.05) is 13.8 Å². The number of aromatic nitrogens is 1. The average molecular weight is 313 g/mol. The summed E-state index contributed by atoms with van der Waals surface area (Å²) in [4.78, 5) is 28.1. The van der Waals surface area contributed by atoms with E-state index in [2.05, 4.69) is 15.6 Å². The zero-order valence-corrected chi connectivity index (χ0v) is 13.1. The van der Waals surface area contributed by atoms with Crippen molar-refractivity contribution in [3.63, 3.8) is 0 Å². The van der Waals surface area contributed by atoms with Crippen molar-refractivity contribution in [2.24, 2.45) is 5.92 Å². The van der Waals surface area contributed by atoms with Crippen molar-refractivity contribution in [2.45, 2.75) is 32.6 Å². The van der Waals surface area contributed by atoms with Crippen LogP contribution in [-0.2, 0) is 4.79 Å². The fraction of sp³-hybridized carbons (Fsp3) is 0.353. The van der Waals surface area contributed by atoms with Crippen LogP contribution < -0.4 is 10.6 Å². The van der Waals surface area contributed by atoms with Gasteiger partial charge in [-0.25, -0.2) is 4.98 Å². The summed E-state index contributed by atoms with van der Waals surface area (Å²) >= 11 is 0. The van der Waals surface area contributed by atoms with Crippen molar-refractivity contribution in [3.05, 3.63) is 42.0 Å². The molecule has 0 aliphatic heterocycles. The maximum absolute atomic E-state index is 12.3. The van der Waals surface area contributed by atoms with Gasteiger partial charge in [0.2, 0.25) is 5.91 Å². The summed E-state index contributed by atoms with van der Waals surface area (Å²) in [7, 11) is 0. The molecule has 2 aromatic rings. The summed E-state index contributed by atoms with van der Waals surface area (Å²) in [5.74, 6) is 0.825. The van der Waals surface area contributed by atoms with Crippen LogP contribution in [0.5, 0.6) is 0 Å². The fourth-order valence-corrected chi connectivity index (χ4v) is 2.26. The molecular formula is C17H19N3O3. The van der Waals surface area contributed by atoms with Crippen LogP contribution in [0.25, 0.3) is 0 Å². The van der Waals surface area contributed by atoms with E-state index >= 15 is 0 Å². The van der Waals surface area contributed by atoms with Gasteiger partial charge in [0.25, 0.3) is 5.91 Å². The van der Waals surface area contributed by atoms with E-state index in [1.165, 1.54) is 12.5 Å². The predicted molar refractivity (Wildman–Crippen MR) is 86.3 cm³/mol. The number of nitrogens with one attached hydrogen (secondary N) is 2. The van der Waals surface area contributed by atoms with Gasteiger partial charge in [-0.3, -0.25) is 9.59 Å². The highest BCUT2D eigenvalue weighted by molar-refractivity contribution is 6.03. The van der Waals surface area contributed by atoms with E-state index in [9.17, 15) is 9.59 Å². The number of amides is 2. The third-order valence-electron chi connectivity index (χ3n) is 3.74. The van der Waals surface area contributed by atoms with Crippen LogP contribution in [0.15, 0.2) is 35.1 Å². The van der Waals surface area contributed by atoms with Crippen LogP contribution >= 0.6 is 0 Å². The Morgan fingerprint density at radius 3 is 2.61 bits per heavy atom. The average Bonchev–Trinajstić information content (AvgIpc) is 3.25. The Morgan fingerprint density at radius 1 is 1.22 bits per heavy atom. The monoisotopic (exact) mass is 313 g/mol. The number of nitrogens with zero attached hydrogens (tertiary/aromatic N) is 1. The van der Waals surface area contributed by atoms with Crippen molar-refractivity contribution < 1.29 is 14.0 Å². The topological polar surface area (TPSA) is 84.2 Å². The van der Waals surface area contributed by atoms with Crippen LogP contribution in [-0.4, -0.2) is 16.8 Å². The molecule has 0 spiro atoms. The summed E-state index contributed by atoms with van der Waals surface area (Å²) < 4.78 is 5.28. The lowest BCUT2D eigenvalue weighted by molar-refractivity contribution is -0.117.